The van der Waals surface area contributed by atoms with Crippen LogP contribution in [-0.2, 0) is 4.79 Å². The molecule has 202 valence electrons. The third kappa shape index (κ3) is 5.25. The average molecular weight is 526 g/mol. The number of aromatic nitrogens is 1. The van der Waals surface area contributed by atoms with Gasteiger partial charge in [0.2, 0.25) is 0 Å². The van der Waals surface area contributed by atoms with Crippen LogP contribution in [0.5, 0.6) is 0 Å². The van der Waals surface area contributed by atoms with E-state index < -0.39 is 0 Å². The van der Waals surface area contributed by atoms with Gasteiger partial charge >= 0.3 is 0 Å². The predicted octanol–water partition coefficient (Wildman–Crippen LogP) is 4.31. The Hall–Kier alpha value is -4.17. The summed E-state index contributed by atoms with van der Waals surface area (Å²) in [6.45, 7) is 10.9. The highest BCUT2D eigenvalue weighted by Crippen LogP contribution is 2.35. The molecule has 1 unspecified atom stereocenters. The molecule has 1 atom stereocenters. The quantitative estimate of drug-likeness (QED) is 0.433. The number of hydrogen-bond donors (Lipinski definition) is 3. The lowest BCUT2D eigenvalue weighted by atomic mass is 10.0. The molecule has 1 aromatic heterocycles. The summed E-state index contributed by atoms with van der Waals surface area (Å²) in [4.78, 5) is 46.8. The molecule has 0 spiro atoms. The van der Waals surface area contributed by atoms with Gasteiger partial charge in [-0.25, -0.2) is 0 Å². The van der Waals surface area contributed by atoms with Gasteiger partial charge in [0.1, 0.15) is 0 Å². The van der Waals surface area contributed by atoms with E-state index in [1.807, 2.05) is 56.9 Å². The summed E-state index contributed by atoms with van der Waals surface area (Å²) in [5, 5.41) is 5.94. The predicted molar refractivity (Wildman–Crippen MR) is 154 cm³/mol. The number of carbonyl (C=O) groups excluding carboxylic acids is 3. The number of nitrogens with one attached hydrogen (secondary N) is 3. The van der Waals surface area contributed by atoms with Crippen LogP contribution < -0.4 is 10.6 Å². The smallest absolute Gasteiger partial charge is 0.256 e. The van der Waals surface area contributed by atoms with Crippen molar-refractivity contribution in [3.63, 3.8) is 0 Å². The van der Waals surface area contributed by atoms with Crippen LogP contribution in [0.1, 0.15) is 67.3 Å². The molecular weight excluding hydrogens is 490 g/mol. The molecule has 2 aliphatic rings. The number of hydrogen-bond acceptors (Lipinski definition) is 4. The maximum Gasteiger partial charge on any atom is 0.256 e. The van der Waals surface area contributed by atoms with Gasteiger partial charge in [-0.2, -0.15) is 0 Å². The first-order valence-corrected chi connectivity index (χ1v) is 13.3. The molecule has 3 amide bonds. The Kier molecular flexibility index (Phi) is 7.14. The molecule has 1 fully saturated rings. The van der Waals surface area contributed by atoms with E-state index >= 15 is 0 Å². The first-order chi connectivity index (χ1) is 18.6. The lowest BCUT2D eigenvalue weighted by molar-refractivity contribution is -0.110. The number of amides is 3. The second-order valence-electron chi connectivity index (χ2n) is 10.6. The second-order valence-corrected chi connectivity index (χ2v) is 10.6. The van der Waals surface area contributed by atoms with Crippen molar-refractivity contribution in [3.8, 4) is 0 Å². The number of anilines is 1. The maximum atomic E-state index is 13.3. The minimum atomic E-state index is -0.242. The lowest BCUT2D eigenvalue weighted by Gasteiger charge is -2.32. The standard InChI is InChI=1S/C31H35N5O3/c1-18-6-8-22(9-7-18)20(3)33-29(37)23-10-11-26-24(16-23)25(30(38)34-26)17-27-19(2)28(21(4)32-27)31(39)36-14-12-35(5)13-15-36/h6-11,16-17,20,32H,12-15H2,1-5H3,(H,33,37)(H,34,38). The first kappa shape index (κ1) is 26.4. The number of aromatic amines is 1. The van der Waals surface area contributed by atoms with Crippen molar-refractivity contribution in [1.29, 1.82) is 0 Å². The molecule has 0 radical (unpaired) electrons. The van der Waals surface area contributed by atoms with E-state index in [0.29, 0.717) is 46.7 Å². The minimum absolute atomic E-state index is 0.0110. The Morgan fingerprint density at radius 1 is 1.00 bits per heavy atom. The number of nitrogens with zero attached hydrogens (tertiary/aromatic N) is 2. The lowest BCUT2D eigenvalue weighted by Crippen LogP contribution is -2.47. The Balaban J connectivity index is 1.40. The van der Waals surface area contributed by atoms with Gasteiger partial charge in [-0.1, -0.05) is 29.8 Å². The van der Waals surface area contributed by atoms with E-state index in [2.05, 4.69) is 27.6 Å². The third-order valence-electron chi connectivity index (χ3n) is 7.76. The molecule has 3 N–H and O–H groups in total. The largest absolute Gasteiger partial charge is 0.358 e. The third-order valence-corrected chi connectivity index (χ3v) is 7.76. The topological polar surface area (TPSA) is 97.5 Å². The Morgan fingerprint density at radius 3 is 2.38 bits per heavy atom. The number of benzene rings is 2. The van der Waals surface area contributed by atoms with Crippen LogP contribution in [0.4, 0.5) is 5.69 Å². The van der Waals surface area contributed by atoms with E-state index in [-0.39, 0.29) is 23.8 Å². The summed E-state index contributed by atoms with van der Waals surface area (Å²) >= 11 is 0. The molecule has 39 heavy (non-hydrogen) atoms. The second kappa shape index (κ2) is 10.5. The maximum absolute atomic E-state index is 13.3. The number of aryl methyl sites for hydroxylation is 2. The number of piperazine rings is 1. The van der Waals surface area contributed by atoms with Crippen molar-refractivity contribution in [3.05, 3.63) is 87.2 Å². The first-order valence-electron chi connectivity index (χ1n) is 13.3. The molecule has 2 aromatic carbocycles. The van der Waals surface area contributed by atoms with Gasteiger partial charge in [0.15, 0.2) is 0 Å². The number of rotatable bonds is 5. The van der Waals surface area contributed by atoms with Gasteiger partial charge in [-0.15, -0.1) is 0 Å². The van der Waals surface area contributed by atoms with Gasteiger partial charge in [-0.05, 0) is 70.1 Å². The zero-order valence-electron chi connectivity index (χ0n) is 23.1. The van der Waals surface area contributed by atoms with E-state index in [0.717, 1.165) is 35.5 Å². The van der Waals surface area contributed by atoms with E-state index in [9.17, 15) is 14.4 Å². The molecule has 2 aliphatic heterocycles. The SMILES string of the molecule is Cc1ccc(C(C)NC(=O)c2ccc3c(c2)C(=Cc2[nH]c(C)c(C(=O)N4CCN(C)CC4)c2C)C(=O)N3)cc1. The summed E-state index contributed by atoms with van der Waals surface area (Å²) < 4.78 is 0. The fourth-order valence-corrected chi connectivity index (χ4v) is 5.24. The van der Waals surface area contributed by atoms with Gasteiger partial charge in [-0.3, -0.25) is 14.4 Å². The van der Waals surface area contributed by atoms with Crippen LogP contribution in [0.15, 0.2) is 42.5 Å². The van der Waals surface area contributed by atoms with Crippen LogP contribution in [0.25, 0.3) is 11.6 Å². The highest BCUT2D eigenvalue weighted by molar-refractivity contribution is 6.35. The monoisotopic (exact) mass is 525 g/mol. The molecule has 0 aliphatic carbocycles. The Labute approximate surface area is 229 Å². The van der Waals surface area contributed by atoms with Gasteiger partial charge in [0.25, 0.3) is 17.7 Å². The zero-order chi connectivity index (χ0) is 27.8. The normalized spacial score (nSPS) is 17.2. The van der Waals surface area contributed by atoms with Crippen LogP contribution in [0.2, 0.25) is 0 Å². The van der Waals surface area contributed by atoms with Crippen LogP contribution in [0.3, 0.4) is 0 Å². The van der Waals surface area contributed by atoms with Crippen LogP contribution in [0, 0.1) is 20.8 Å². The summed E-state index contributed by atoms with van der Waals surface area (Å²) in [5.74, 6) is -0.442. The van der Waals surface area contributed by atoms with Gasteiger partial charge in [0.05, 0.1) is 17.2 Å². The van der Waals surface area contributed by atoms with Crippen molar-refractivity contribution in [1.82, 2.24) is 20.1 Å². The number of fused-ring (bicyclic) bond motifs is 1. The highest BCUT2D eigenvalue weighted by atomic mass is 16.2. The zero-order valence-corrected chi connectivity index (χ0v) is 23.1. The van der Waals surface area contributed by atoms with E-state index in [1.165, 1.54) is 0 Å². The highest BCUT2D eigenvalue weighted by Gasteiger charge is 2.28. The van der Waals surface area contributed by atoms with Crippen molar-refractivity contribution >= 4 is 35.1 Å². The summed E-state index contributed by atoms with van der Waals surface area (Å²) in [7, 11) is 2.06. The van der Waals surface area contributed by atoms with Crippen molar-refractivity contribution in [2.75, 3.05) is 38.5 Å². The van der Waals surface area contributed by atoms with E-state index in [4.69, 9.17) is 0 Å². The molecule has 8 nitrogen and oxygen atoms in total. The molecule has 0 saturated carbocycles. The number of carbonyl (C=O) groups is 3. The van der Waals surface area contributed by atoms with Gasteiger partial charge in [0, 0.05) is 54.4 Å². The Bertz CT molecular complexity index is 1480. The fourth-order valence-electron chi connectivity index (χ4n) is 5.24. The molecule has 5 rings (SSSR count). The molecule has 3 aromatic rings. The van der Waals surface area contributed by atoms with Crippen molar-refractivity contribution in [2.45, 2.75) is 33.7 Å². The fraction of sp³-hybridized carbons (Fsp3) is 0.323. The summed E-state index contributed by atoms with van der Waals surface area (Å²) in [5.41, 5.74) is 7.39. The minimum Gasteiger partial charge on any atom is -0.358 e. The number of H-pyrrole nitrogens is 1. The van der Waals surface area contributed by atoms with E-state index in [1.54, 1.807) is 24.3 Å². The summed E-state index contributed by atoms with van der Waals surface area (Å²) in [6, 6.07) is 13.1. The van der Waals surface area contributed by atoms with Crippen LogP contribution in [-0.4, -0.2) is 65.7 Å². The molecular formula is C31H35N5O3. The van der Waals surface area contributed by atoms with Gasteiger partial charge < -0.3 is 25.4 Å². The van der Waals surface area contributed by atoms with Crippen molar-refractivity contribution in [2.24, 2.45) is 0 Å². The molecule has 8 heteroatoms. The average Bonchev–Trinajstić information content (AvgIpc) is 3.38. The Morgan fingerprint density at radius 2 is 1.69 bits per heavy atom. The molecule has 1 saturated heterocycles. The van der Waals surface area contributed by atoms with Crippen molar-refractivity contribution < 1.29 is 14.4 Å². The number of likely N-dealkylation sites (N-methyl/N-ethyl adjacent to an activating group) is 1. The van der Waals surface area contributed by atoms with Crippen LogP contribution >= 0.6 is 0 Å². The molecule has 3 heterocycles. The molecule has 0 bridgehead atoms. The summed E-state index contributed by atoms with van der Waals surface area (Å²) in [6.07, 6.45) is 1.78.